The second-order valence-electron chi connectivity index (χ2n) is 5.64. The first-order chi connectivity index (χ1) is 13.1. The molecule has 10 heteroatoms. The first-order valence-electron chi connectivity index (χ1n) is 7.45. The van der Waals surface area contributed by atoms with Crippen LogP contribution in [0.3, 0.4) is 0 Å². The molecule has 0 aromatic heterocycles. The Kier molecular flexibility index (Phi) is 4.44. The molecule has 0 fully saturated rings. The summed E-state index contributed by atoms with van der Waals surface area (Å²) in [7, 11) is 0. The molecule has 0 bridgehead atoms. The summed E-state index contributed by atoms with van der Waals surface area (Å²) in [6.45, 7) is 0. The van der Waals surface area contributed by atoms with E-state index in [-0.39, 0.29) is 33.7 Å². The van der Waals surface area contributed by atoms with Crippen molar-refractivity contribution in [1.29, 1.82) is 10.5 Å². The number of alkyl halides is 6. The fraction of sp³-hybridized carbons (Fsp3) is 0.111. The molecule has 0 amide bonds. The second-order valence-corrected chi connectivity index (χ2v) is 5.64. The van der Waals surface area contributed by atoms with E-state index >= 15 is 0 Å². The van der Waals surface area contributed by atoms with Crippen LogP contribution >= 0.6 is 0 Å². The van der Waals surface area contributed by atoms with Crippen LogP contribution in [-0.4, -0.2) is 11.4 Å². The van der Waals surface area contributed by atoms with Gasteiger partial charge in [-0.1, -0.05) is 12.1 Å². The number of nitrogens with zero attached hydrogens (tertiary/aromatic N) is 4. The van der Waals surface area contributed by atoms with Crippen molar-refractivity contribution in [2.45, 2.75) is 12.4 Å². The Hall–Kier alpha value is -3.66. The van der Waals surface area contributed by atoms with E-state index in [9.17, 15) is 26.3 Å². The second kappa shape index (κ2) is 6.50. The Labute approximate surface area is 153 Å². The summed E-state index contributed by atoms with van der Waals surface area (Å²) in [5, 5.41) is 17.9. The van der Waals surface area contributed by atoms with Gasteiger partial charge >= 0.3 is 12.4 Å². The molecule has 0 radical (unpaired) electrons. The summed E-state index contributed by atoms with van der Waals surface area (Å²) in [5.41, 5.74) is -2.92. The van der Waals surface area contributed by atoms with Gasteiger partial charge < -0.3 is 0 Å². The topological polar surface area (TPSA) is 72.3 Å². The van der Waals surface area contributed by atoms with Gasteiger partial charge in [-0.15, -0.1) is 0 Å². The molecule has 0 atom stereocenters. The van der Waals surface area contributed by atoms with Crippen LogP contribution in [0.15, 0.2) is 46.4 Å². The molecule has 0 saturated heterocycles. The molecule has 0 aliphatic heterocycles. The van der Waals surface area contributed by atoms with Crippen LogP contribution in [-0.2, 0) is 12.4 Å². The van der Waals surface area contributed by atoms with Crippen LogP contribution in [0.4, 0.5) is 26.3 Å². The molecule has 3 rings (SSSR count). The van der Waals surface area contributed by atoms with Gasteiger partial charge in [0.25, 0.3) is 0 Å². The molecule has 1 aliphatic carbocycles. The minimum Gasteiger partial charge on any atom is -0.172 e. The van der Waals surface area contributed by atoms with E-state index in [1.165, 1.54) is 12.4 Å². The number of benzene rings is 2. The lowest BCUT2D eigenvalue weighted by Crippen LogP contribution is -2.24. The third-order valence-electron chi connectivity index (χ3n) is 4.04. The quantitative estimate of drug-likeness (QED) is 0.412. The zero-order valence-corrected chi connectivity index (χ0v) is 13.5. The third kappa shape index (κ3) is 3.21. The fourth-order valence-corrected chi connectivity index (χ4v) is 2.88. The van der Waals surface area contributed by atoms with Crippen LogP contribution in [0.1, 0.15) is 33.4 Å². The molecule has 0 saturated carbocycles. The Morgan fingerprint density at radius 3 is 1.25 bits per heavy atom. The molecule has 2 aromatic rings. The van der Waals surface area contributed by atoms with Crippen LogP contribution in [0.5, 0.6) is 0 Å². The fourth-order valence-electron chi connectivity index (χ4n) is 2.88. The highest BCUT2D eigenvalue weighted by Crippen LogP contribution is 2.37. The maximum absolute atomic E-state index is 13.1. The van der Waals surface area contributed by atoms with E-state index in [0.717, 1.165) is 24.3 Å². The smallest absolute Gasteiger partial charge is 0.172 e. The van der Waals surface area contributed by atoms with Crippen molar-refractivity contribution in [3.8, 4) is 12.4 Å². The standard InChI is InChI=1S/C18H6F6N4/c19-17(20,21)9-1-3-11-13(5-9)16(28-8-26)12-4-2-10(18(22,23)24)6-14(12)15(11)27-7-25/h1-6H/b27-15+,28-16+. The van der Waals surface area contributed by atoms with E-state index < -0.39 is 23.5 Å². The highest BCUT2D eigenvalue weighted by Gasteiger charge is 2.36. The Morgan fingerprint density at radius 1 is 0.607 bits per heavy atom. The number of hydrogen-bond acceptors (Lipinski definition) is 4. The molecule has 28 heavy (non-hydrogen) atoms. The number of aliphatic imine (C=N–C) groups is 2. The van der Waals surface area contributed by atoms with Crippen molar-refractivity contribution in [2.75, 3.05) is 0 Å². The van der Waals surface area contributed by atoms with Gasteiger partial charge in [0.05, 0.1) is 22.6 Å². The van der Waals surface area contributed by atoms with Crippen molar-refractivity contribution in [3.05, 3.63) is 69.8 Å². The molecule has 0 N–H and O–H groups in total. The van der Waals surface area contributed by atoms with Crippen LogP contribution in [0.2, 0.25) is 0 Å². The zero-order chi connectivity index (χ0) is 20.7. The van der Waals surface area contributed by atoms with Crippen molar-refractivity contribution in [3.63, 3.8) is 0 Å². The molecule has 4 nitrogen and oxygen atoms in total. The number of hydrogen-bond donors (Lipinski definition) is 0. The maximum Gasteiger partial charge on any atom is 0.416 e. The van der Waals surface area contributed by atoms with Gasteiger partial charge in [-0.3, -0.25) is 0 Å². The molecular weight excluding hydrogens is 386 g/mol. The van der Waals surface area contributed by atoms with Gasteiger partial charge in [0.1, 0.15) is 0 Å². The normalized spacial score (nSPS) is 16.3. The van der Waals surface area contributed by atoms with Crippen LogP contribution < -0.4 is 0 Å². The van der Waals surface area contributed by atoms with Gasteiger partial charge in [0.15, 0.2) is 0 Å². The number of nitriles is 2. The van der Waals surface area contributed by atoms with E-state index in [0.29, 0.717) is 12.1 Å². The van der Waals surface area contributed by atoms with Crippen molar-refractivity contribution in [2.24, 2.45) is 9.98 Å². The minimum absolute atomic E-state index is 0.0321. The average molecular weight is 392 g/mol. The average Bonchev–Trinajstić information content (AvgIpc) is 2.62. The van der Waals surface area contributed by atoms with Crippen molar-refractivity contribution >= 4 is 11.4 Å². The summed E-state index contributed by atoms with van der Waals surface area (Å²) in [5.74, 6) is 0. The first-order valence-corrected chi connectivity index (χ1v) is 7.45. The van der Waals surface area contributed by atoms with Crippen molar-refractivity contribution in [1.82, 2.24) is 0 Å². The Balaban J connectivity index is 2.38. The first kappa shape index (κ1) is 19.1. The molecule has 0 spiro atoms. The lowest BCUT2D eigenvalue weighted by molar-refractivity contribution is -0.138. The largest absolute Gasteiger partial charge is 0.416 e. The Morgan fingerprint density at radius 2 is 0.964 bits per heavy atom. The van der Waals surface area contributed by atoms with E-state index in [4.69, 9.17) is 10.5 Å². The predicted molar refractivity (Wildman–Crippen MR) is 85.4 cm³/mol. The number of fused-ring (bicyclic) bond motifs is 2. The van der Waals surface area contributed by atoms with Gasteiger partial charge in [0.2, 0.25) is 12.4 Å². The molecular formula is C18H6F6N4. The Bertz CT molecular complexity index is 1020. The van der Waals surface area contributed by atoms with Gasteiger partial charge in [-0.25, -0.2) is 0 Å². The zero-order valence-electron chi connectivity index (χ0n) is 13.5. The van der Waals surface area contributed by atoms with Gasteiger partial charge in [-0.2, -0.15) is 46.9 Å². The summed E-state index contributed by atoms with van der Waals surface area (Å²) in [6, 6.07) is 4.86. The number of halogens is 6. The summed E-state index contributed by atoms with van der Waals surface area (Å²) in [6.07, 6.45) is -6.49. The molecule has 1 aliphatic rings. The number of rotatable bonds is 0. The maximum atomic E-state index is 13.1. The molecule has 2 aromatic carbocycles. The molecule has 0 unspecified atom stereocenters. The minimum atomic E-state index is -4.69. The summed E-state index contributed by atoms with van der Waals surface area (Å²) in [4.78, 5) is 7.02. The van der Waals surface area contributed by atoms with E-state index in [1.807, 2.05) is 0 Å². The lowest BCUT2D eigenvalue weighted by atomic mass is 9.81. The van der Waals surface area contributed by atoms with E-state index in [1.54, 1.807) is 0 Å². The van der Waals surface area contributed by atoms with Gasteiger partial charge in [-0.05, 0) is 24.3 Å². The van der Waals surface area contributed by atoms with Crippen molar-refractivity contribution < 1.29 is 26.3 Å². The molecule has 140 valence electrons. The van der Waals surface area contributed by atoms with Crippen LogP contribution in [0, 0.1) is 22.9 Å². The monoisotopic (exact) mass is 392 g/mol. The predicted octanol–water partition coefficient (Wildman–Crippen LogP) is 4.67. The SMILES string of the molecule is N#C/N=C1\c2ccc(C(F)(F)F)cc2/C(=N/C#N)c2ccc(C(F)(F)F)cc21. The lowest BCUT2D eigenvalue weighted by Gasteiger charge is -2.24. The highest BCUT2D eigenvalue weighted by molar-refractivity contribution is 6.32. The third-order valence-corrected chi connectivity index (χ3v) is 4.04. The van der Waals surface area contributed by atoms with Gasteiger partial charge in [0, 0.05) is 22.3 Å². The summed E-state index contributed by atoms with van der Waals surface area (Å²) < 4.78 is 78.5. The van der Waals surface area contributed by atoms with Crippen LogP contribution in [0.25, 0.3) is 0 Å². The molecule has 0 heterocycles. The highest BCUT2D eigenvalue weighted by atomic mass is 19.4. The summed E-state index contributed by atoms with van der Waals surface area (Å²) >= 11 is 0. The van der Waals surface area contributed by atoms with E-state index in [2.05, 4.69) is 9.98 Å².